The zero-order valence-electron chi connectivity index (χ0n) is 18.6. The summed E-state index contributed by atoms with van der Waals surface area (Å²) in [5.74, 6) is 0.411. The average molecular weight is 447 g/mol. The number of ether oxygens (including phenoxy) is 1. The van der Waals surface area contributed by atoms with Gasteiger partial charge in [0, 0.05) is 5.56 Å². The number of hydrogen-bond acceptors (Lipinski definition) is 5. The Morgan fingerprint density at radius 3 is 2.26 bits per heavy atom. The van der Waals surface area contributed by atoms with Crippen molar-refractivity contribution in [3.05, 3.63) is 59.7 Å². The van der Waals surface area contributed by atoms with Crippen molar-refractivity contribution < 1.29 is 22.7 Å². The highest BCUT2D eigenvalue weighted by Gasteiger charge is 2.24. The Morgan fingerprint density at radius 1 is 1.10 bits per heavy atom. The second kappa shape index (κ2) is 10.4. The Morgan fingerprint density at radius 2 is 1.74 bits per heavy atom. The number of hydrogen-bond donors (Lipinski definition) is 1. The van der Waals surface area contributed by atoms with E-state index >= 15 is 0 Å². The Hall–Kier alpha value is -2.87. The summed E-state index contributed by atoms with van der Waals surface area (Å²) >= 11 is 0. The molecule has 0 radical (unpaired) electrons. The Labute approximate surface area is 184 Å². The monoisotopic (exact) mass is 446 g/mol. The number of methoxy groups -OCH3 is 1. The van der Waals surface area contributed by atoms with Crippen LogP contribution in [-0.4, -0.2) is 40.0 Å². The van der Waals surface area contributed by atoms with Crippen LogP contribution < -0.4 is 14.4 Å². The van der Waals surface area contributed by atoms with E-state index in [1.165, 1.54) is 13.0 Å². The van der Waals surface area contributed by atoms with Crippen molar-refractivity contribution in [2.24, 2.45) is 5.92 Å². The van der Waals surface area contributed by atoms with E-state index in [1.807, 2.05) is 24.3 Å². The minimum Gasteiger partial charge on any atom is -0.497 e. The molecule has 0 bridgehead atoms. The summed E-state index contributed by atoms with van der Waals surface area (Å²) in [5, 5.41) is 2.96. The number of ketones is 1. The molecule has 0 spiro atoms. The van der Waals surface area contributed by atoms with Gasteiger partial charge in [-0.15, -0.1) is 0 Å². The third-order valence-corrected chi connectivity index (χ3v) is 5.93. The van der Waals surface area contributed by atoms with Gasteiger partial charge in [0.1, 0.15) is 12.3 Å². The second-order valence-corrected chi connectivity index (χ2v) is 9.81. The van der Waals surface area contributed by atoms with Gasteiger partial charge in [0.25, 0.3) is 0 Å². The SMILES string of the molecule is COc1ccc([C@@H](CC(C)C)NC(=O)CN(c2cccc(C(C)=O)c2)S(C)(=O)=O)cc1. The molecule has 0 saturated carbocycles. The lowest BCUT2D eigenvalue weighted by molar-refractivity contribution is -0.120. The summed E-state index contributed by atoms with van der Waals surface area (Å²) < 4.78 is 31.0. The van der Waals surface area contributed by atoms with Gasteiger partial charge in [-0.3, -0.25) is 13.9 Å². The molecule has 1 N–H and O–H groups in total. The van der Waals surface area contributed by atoms with E-state index in [2.05, 4.69) is 19.2 Å². The van der Waals surface area contributed by atoms with Gasteiger partial charge < -0.3 is 10.1 Å². The first kappa shape index (κ1) is 24.4. The first-order chi connectivity index (χ1) is 14.5. The Balaban J connectivity index is 2.26. The molecular weight excluding hydrogens is 416 g/mol. The van der Waals surface area contributed by atoms with Crippen molar-refractivity contribution >= 4 is 27.4 Å². The number of Topliss-reactive ketones (excluding diaryl/α,β-unsaturated/α-hetero) is 1. The molecule has 0 unspecified atom stereocenters. The van der Waals surface area contributed by atoms with Crippen molar-refractivity contribution in [3.8, 4) is 5.75 Å². The minimum absolute atomic E-state index is 0.184. The number of nitrogens with zero attached hydrogens (tertiary/aromatic N) is 1. The van der Waals surface area contributed by atoms with E-state index in [1.54, 1.807) is 25.3 Å². The van der Waals surface area contributed by atoms with Crippen LogP contribution in [-0.2, 0) is 14.8 Å². The number of carbonyl (C=O) groups is 2. The van der Waals surface area contributed by atoms with Crippen LogP contribution >= 0.6 is 0 Å². The molecule has 2 rings (SSSR count). The second-order valence-electron chi connectivity index (χ2n) is 7.90. The van der Waals surface area contributed by atoms with Crippen LogP contribution in [0.3, 0.4) is 0 Å². The predicted octanol–water partition coefficient (Wildman–Crippen LogP) is 3.57. The summed E-state index contributed by atoms with van der Waals surface area (Å²) in [6.07, 6.45) is 1.73. The van der Waals surface area contributed by atoms with Gasteiger partial charge in [0.15, 0.2) is 5.78 Å². The van der Waals surface area contributed by atoms with E-state index in [0.717, 1.165) is 16.1 Å². The maximum Gasteiger partial charge on any atom is 0.241 e. The topological polar surface area (TPSA) is 92.8 Å². The number of amides is 1. The molecule has 0 heterocycles. The van der Waals surface area contributed by atoms with Crippen LogP contribution in [0, 0.1) is 5.92 Å². The molecule has 0 aliphatic rings. The highest BCUT2D eigenvalue weighted by atomic mass is 32.2. The van der Waals surface area contributed by atoms with Crippen LogP contribution in [0.5, 0.6) is 5.75 Å². The van der Waals surface area contributed by atoms with Gasteiger partial charge in [0.2, 0.25) is 15.9 Å². The molecule has 0 saturated heterocycles. The van der Waals surface area contributed by atoms with Gasteiger partial charge in [-0.25, -0.2) is 8.42 Å². The molecular formula is C23H30N2O5S. The Bertz CT molecular complexity index is 1020. The fraction of sp³-hybridized carbons (Fsp3) is 0.391. The Kier molecular flexibility index (Phi) is 8.21. The number of rotatable bonds is 10. The maximum absolute atomic E-state index is 12.9. The lowest BCUT2D eigenvalue weighted by Gasteiger charge is -2.25. The molecule has 2 aromatic rings. The highest BCUT2D eigenvalue weighted by molar-refractivity contribution is 7.92. The van der Waals surface area contributed by atoms with E-state index in [-0.39, 0.29) is 24.1 Å². The molecule has 31 heavy (non-hydrogen) atoms. The smallest absolute Gasteiger partial charge is 0.241 e. The number of sulfonamides is 1. The summed E-state index contributed by atoms with van der Waals surface area (Å²) in [4.78, 5) is 24.6. The van der Waals surface area contributed by atoms with Crippen LogP contribution in [0.2, 0.25) is 0 Å². The molecule has 0 fully saturated rings. The van der Waals surface area contributed by atoms with Gasteiger partial charge in [-0.05, 0) is 49.1 Å². The number of nitrogens with one attached hydrogen (secondary N) is 1. The molecule has 0 aliphatic carbocycles. The van der Waals surface area contributed by atoms with Gasteiger partial charge in [0.05, 0.1) is 25.1 Å². The lowest BCUT2D eigenvalue weighted by Crippen LogP contribution is -2.41. The normalized spacial score (nSPS) is 12.3. The van der Waals surface area contributed by atoms with Crippen molar-refractivity contribution in [3.63, 3.8) is 0 Å². The van der Waals surface area contributed by atoms with Crippen molar-refractivity contribution in [2.75, 3.05) is 24.2 Å². The summed E-state index contributed by atoms with van der Waals surface area (Å²) in [6, 6.07) is 13.4. The predicted molar refractivity (Wildman–Crippen MR) is 122 cm³/mol. The summed E-state index contributed by atoms with van der Waals surface area (Å²) in [6.45, 7) is 5.13. The largest absolute Gasteiger partial charge is 0.497 e. The van der Waals surface area contributed by atoms with E-state index in [9.17, 15) is 18.0 Å². The van der Waals surface area contributed by atoms with E-state index in [4.69, 9.17) is 4.74 Å². The molecule has 0 aliphatic heterocycles. The van der Waals surface area contributed by atoms with Crippen LogP contribution in [0.15, 0.2) is 48.5 Å². The molecule has 1 amide bonds. The first-order valence-corrected chi connectivity index (χ1v) is 11.9. The van der Waals surface area contributed by atoms with Crippen molar-refractivity contribution in [1.82, 2.24) is 5.32 Å². The number of carbonyl (C=O) groups excluding carboxylic acids is 2. The third-order valence-electron chi connectivity index (χ3n) is 4.79. The number of anilines is 1. The van der Waals surface area contributed by atoms with Crippen molar-refractivity contribution in [2.45, 2.75) is 33.2 Å². The highest BCUT2D eigenvalue weighted by Crippen LogP contribution is 2.24. The molecule has 8 heteroatoms. The first-order valence-electron chi connectivity index (χ1n) is 10.0. The quantitative estimate of drug-likeness (QED) is 0.563. The van der Waals surface area contributed by atoms with Gasteiger partial charge >= 0.3 is 0 Å². The summed E-state index contributed by atoms with van der Waals surface area (Å²) in [7, 11) is -2.16. The number of benzene rings is 2. The van der Waals surface area contributed by atoms with Crippen LogP contribution in [0.4, 0.5) is 5.69 Å². The van der Waals surface area contributed by atoms with E-state index in [0.29, 0.717) is 23.7 Å². The molecule has 2 aromatic carbocycles. The zero-order chi connectivity index (χ0) is 23.2. The molecule has 168 valence electrons. The van der Waals surface area contributed by atoms with E-state index < -0.39 is 15.9 Å². The average Bonchev–Trinajstić information content (AvgIpc) is 2.70. The van der Waals surface area contributed by atoms with Crippen LogP contribution in [0.1, 0.15) is 49.2 Å². The fourth-order valence-electron chi connectivity index (χ4n) is 3.24. The molecule has 0 aromatic heterocycles. The summed E-state index contributed by atoms with van der Waals surface area (Å²) in [5.41, 5.74) is 1.56. The zero-order valence-corrected chi connectivity index (χ0v) is 19.4. The van der Waals surface area contributed by atoms with Crippen molar-refractivity contribution in [1.29, 1.82) is 0 Å². The third kappa shape index (κ3) is 7.10. The molecule has 7 nitrogen and oxygen atoms in total. The standard InChI is InChI=1S/C23H30N2O5S/c1-16(2)13-22(18-9-11-21(30-4)12-10-18)24-23(27)15-25(31(5,28)29)20-8-6-7-19(14-20)17(3)26/h6-12,14,16,22H,13,15H2,1-5H3,(H,24,27)/t22-/m1/s1. The minimum atomic E-state index is -3.74. The lowest BCUT2D eigenvalue weighted by atomic mass is 9.97. The maximum atomic E-state index is 12.9. The fourth-order valence-corrected chi connectivity index (χ4v) is 4.08. The molecule has 1 atom stereocenters. The van der Waals surface area contributed by atoms with Gasteiger partial charge in [-0.1, -0.05) is 38.1 Å². The van der Waals surface area contributed by atoms with Gasteiger partial charge in [-0.2, -0.15) is 0 Å². The van der Waals surface area contributed by atoms with Crippen LogP contribution in [0.25, 0.3) is 0 Å².